The van der Waals surface area contributed by atoms with Crippen LogP contribution in [-0.2, 0) is 6.42 Å². The molecule has 0 aliphatic rings. The van der Waals surface area contributed by atoms with Crippen molar-refractivity contribution < 1.29 is 0 Å². The van der Waals surface area contributed by atoms with Gasteiger partial charge in [0.1, 0.15) is 0 Å². The number of likely N-dealkylation sites (N-methyl/N-ethyl adjacent to an activating group) is 1. The molecule has 0 saturated heterocycles. The summed E-state index contributed by atoms with van der Waals surface area (Å²) in [5.74, 6) is 0. The zero-order valence-corrected chi connectivity index (χ0v) is 12.2. The zero-order chi connectivity index (χ0) is 14.5. The number of rotatable bonds is 5. The number of aromatic nitrogens is 2. The molecule has 3 aromatic rings. The van der Waals surface area contributed by atoms with Crippen LogP contribution in [0.2, 0.25) is 0 Å². The van der Waals surface area contributed by atoms with Gasteiger partial charge in [-0.2, -0.15) is 0 Å². The Balaban J connectivity index is 1.99. The first-order valence-corrected chi connectivity index (χ1v) is 7.35. The minimum absolute atomic E-state index is 0.248. The fourth-order valence-corrected chi connectivity index (χ4v) is 2.70. The molecule has 0 saturated carbocycles. The summed E-state index contributed by atoms with van der Waals surface area (Å²) >= 11 is 0. The molecule has 2 heterocycles. The number of benzene rings is 1. The highest BCUT2D eigenvalue weighted by Gasteiger charge is 2.14. The molecule has 0 radical (unpaired) electrons. The molecular formula is C18H19N3. The molecule has 0 spiro atoms. The van der Waals surface area contributed by atoms with Crippen molar-refractivity contribution in [3.05, 3.63) is 72.2 Å². The second-order valence-electron chi connectivity index (χ2n) is 5.05. The van der Waals surface area contributed by atoms with Crippen molar-refractivity contribution in [3.63, 3.8) is 0 Å². The molecule has 0 aliphatic carbocycles. The minimum Gasteiger partial charge on any atom is -0.310 e. The van der Waals surface area contributed by atoms with Gasteiger partial charge < -0.3 is 5.32 Å². The molecule has 0 aliphatic heterocycles. The standard InChI is InChI=1S/C18H19N3/c1-2-19-18(13-14-7-3-4-11-20-14)16-8-5-10-17-15(16)9-6-12-21-17/h3-12,18-19H,2,13H2,1H3. The van der Waals surface area contributed by atoms with Crippen molar-refractivity contribution in [3.8, 4) is 0 Å². The van der Waals surface area contributed by atoms with Crippen molar-refractivity contribution in [2.75, 3.05) is 6.54 Å². The molecule has 1 unspecified atom stereocenters. The topological polar surface area (TPSA) is 37.8 Å². The summed E-state index contributed by atoms with van der Waals surface area (Å²) in [5, 5.41) is 4.78. The van der Waals surface area contributed by atoms with Crippen molar-refractivity contribution in [1.82, 2.24) is 15.3 Å². The van der Waals surface area contributed by atoms with Gasteiger partial charge in [-0.15, -0.1) is 0 Å². The van der Waals surface area contributed by atoms with Gasteiger partial charge in [0.2, 0.25) is 0 Å². The van der Waals surface area contributed by atoms with Gasteiger partial charge in [0.15, 0.2) is 0 Å². The molecular weight excluding hydrogens is 258 g/mol. The molecule has 0 bridgehead atoms. The molecule has 3 rings (SSSR count). The van der Waals surface area contributed by atoms with Crippen molar-refractivity contribution >= 4 is 10.9 Å². The van der Waals surface area contributed by atoms with Crippen LogP contribution in [-0.4, -0.2) is 16.5 Å². The lowest BCUT2D eigenvalue weighted by Crippen LogP contribution is -2.23. The molecule has 21 heavy (non-hydrogen) atoms. The lowest BCUT2D eigenvalue weighted by atomic mass is 9.97. The molecule has 106 valence electrons. The highest BCUT2D eigenvalue weighted by Crippen LogP contribution is 2.25. The van der Waals surface area contributed by atoms with Crippen LogP contribution in [0.5, 0.6) is 0 Å². The van der Waals surface area contributed by atoms with E-state index in [4.69, 9.17) is 0 Å². The first kappa shape index (κ1) is 13.7. The predicted octanol–water partition coefficient (Wildman–Crippen LogP) is 3.52. The summed E-state index contributed by atoms with van der Waals surface area (Å²) in [7, 11) is 0. The molecule has 0 fully saturated rings. The molecule has 1 aromatic carbocycles. The Morgan fingerprint density at radius 3 is 2.67 bits per heavy atom. The van der Waals surface area contributed by atoms with Crippen LogP contribution in [0.15, 0.2) is 60.9 Å². The van der Waals surface area contributed by atoms with Crippen LogP contribution >= 0.6 is 0 Å². The monoisotopic (exact) mass is 277 g/mol. The van der Waals surface area contributed by atoms with Gasteiger partial charge in [0.05, 0.1) is 5.52 Å². The summed E-state index contributed by atoms with van der Waals surface area (Å²) in [5.41, 5.74) is 3.43. The fourth-order valence-electron chi connectivity index (χ4n) is 2.70. The molecule has 3 heteroatoms. The van der Waals surface area contributed by atoms with Gasteiger partial charge in [-0.05, 0) is 36.4 Å². The number of hydrogen-bond donors (Lipinski definition) is 1. The van der Waals surface area contributed by atoms with E-state index in [0.29, 0.717) is 0 Å². The van der Waals surface area contributed by atoms with Gasteiger partial charge in [-0.3, -0.25) is 9.97 Å². The maximum absolute atomic E-state index is 4.45. The highest BCUT2D eigenvalue weighted by molar-refractivity contribution is 5.82. The Bertz CT molecular complexity index is 704. The van der Waals surface area contributed by atoms with Crippen LogP contribution in [0.4, 0.5) is 0 Å². The van der Waals surface area contributed by atoms with E-state index < -0.39 is 0 Å². The van der Waals surface area contributed by atoms with E-state index in [1.54, 1.807) is 0 Å². The average molecular weight is 277 g/mol. The van der Waals surface area contributed by atoms with Crippen LogP contribution in [0, 0.1) is 0 Å². The van der Waals surface area contributed by atoms with E-state index in [9.17, 15) is 0 Å². The summed E-state index contributed by atoms with van der Waals surface area (Å²) in [6, 6.07) is 16.8. The second-order valence-corrected chi connectivity index (χ2v) is 5.05. The normalized spacial score (nSPS) is 12.4. The SMILES string of the molecule is CCNC(Cc1ccccn1)c1cccc2ncccc12. The molecule has 2 aromatic heterocycles. The highest BCUT2D eigenvalue weighted by atomic mass is 14.9. The van der Waals surface area contributed by atoms with E-state index in [0.717, 1.165) is 24.2 Å². The van der Waals surface area contributed by atoms with Crippen molar-refractivity contribution in [1.29, 1.82) is 0 Å². The molecule has 0 amide bonds. The first-order chi connectivity index (χ1) is 10.4. The molecule has 1 N–H and O–H groups in total. The fraction of sp³-hybridized carbons (Fsp3) is 0.222. The predicted molar refractivity (Wildman–Crippen MR) is 86.1 cm³/mol. The van der Waals surface area contributed by atoms with Crippen LogP contribution in [0.3, 0.4) is 0 Å². The zero-order valence-electron chi connectivity index (χ0n) is 12.2. The lowest BCUT2D eigenvalue weighted by molar-refractivity contribution is 0.547. The summed E-state index contributed by atoms with van der Waals surface area (Å²) < 4.78 is 0. The van der Waals surface area contributed by atoms with Gasteiger partial charge in [0, 0.05) is 35.9 Å². The van der Waals surface area contributed by atoms with E-state index >= 15 is 0 Å². The first-order valence-electron chi connectivity index (χ1n) is 7.35. The van der Waals surface area contributed by atoms with Gasteiger partial charge >= 0.3 is 0 Å². The summed E-state index contributed by atoms with van der Waals surface area (Å²) in [6.45, 7) is 3.06. The minimum atomic E-state index is 0.248. The maximum Gasteiger partial charge on any atom is 0.0705 e. The Kier molecular flexibility index (Phi) is 4.22. The summed E-state index contributed by atoms with van der Waals surface area (Å²) in [4.78, 5) is 8.90. The second kappa shape index (κ2) is 6.46. The van der Waals surface area contributed by atoms with Gasteiger partial charge in [-0.1, -0.05) is 31.2 Å². The number of nitrogens with one attached hydrogen (secondary N) is 1. The van der Waals surface area contributed by atoms with Crippen molar-refractivity contribution in [2.24, 2.45) is 0 Å². The smallest absolute Gasteiger partial charge is 0.0705 e. The third-order valence-electron chi connectivity index (χ3n) is 3.64. The Labute approximate surface area is 125 Å². The van der Waals surface area contributed by atoms with Crippen molar-refractivity contribution in [2.45, 2.75) is 19.4 Å². The van der Waals surface area contributed by atoms with E-state index in [2.05, 4.69) is 52.5 Å². The summed E-state index contributed by atoms with van der Waals surface area (Å²) in [6.07, 6.45) is 4.57. The van der Waals surface area contributed by atoms with Crippen LogP contribution in [0.25, 0.3) is 10.9 Å². The number of nitrogens with zero attached hydrogens (tertiary/aromatic N) is 2. The van der Waals surface area contributed by atoms with E-state index in [-0.39, 0.29) is 6.04 Å². The lowest BCUT2D eigenvalue weighted by Gasteiger charge is -2.19. The number of pyridine rings is 2. The third kappa shape index (κ3) is 3.09. The Morgan fingerprint density at radius 2 is 1.86 bits per heavy atom. The van der Waals surface area contributed by atoms with Gasteiger partial charge in [-0.25, -0.2) is 0 Å². The molecule has 3 nitrogen and oxygen atoms in total. The number of fused-ring (bicyclic) bond motifs is 1. The van der Waals surface area contributed by atoms with Crippen LogP contribution in [0.1, 0.15) is 24.2 Å². The maximum atomic E-state index is 4.45. The van der Waals surface area contributed by atoms with Gasteiger partial charge in [0.25, 0.3) is 0 Å². The van der Waals surface area contributed by atoms with E-state index in [1.807, 2.05) is 30.6 Å². The Morgan fingerprint density at radius 1 is 0.952 bits per heavy atom. The van der Waals surface area contributed by atoms with Crippen LogP contribution < -0.4 is 5.32 Å². The molecule has 1 atom stereocenters. The average Bonchev–Trinajstić information content (AvgIpc) is 2.55. The quantitative estimate of drug-likeness (QED) is 0.775. The number of hydrogen-bond acceptors (Lipinski definition) is 3. The third-order valence-corrected chi connectivity index (χ3v) is 3.64. The van der Waals surface area contributed by atoms with E-state index in [1.165, 1.54) is 10.9 Å². The largest absolute Gasteiger partial charge is 0.310 e. The Hall–Kier alpha value is -2.26.